The number of carbonyl (C=O) groups excluding carboxylic acids is 1. The van der Waals surface area contributed by atoms with Gasteiger partial charge in [-0.3, -0.25) is 0 Å². The molecule has 0 saturated carbocycles. The van der Waals surface area contributed by atoms with Crippen molar-refractivity contribution in [2.24, 2.45) is 5.73 Å². The van der Waals surface area contributed by atoms with Crippen molar-refractivity contribution < 1.29 is 13.9 Å². The summed E-state index contributed by atoms with van der Waals surface area (Å²) in [4.78, 5) is 11.6. The third-order valence-corrected chi connectivity index (χ3v) is 3.20. The highest BCUT2D eigenvalue weighted by atomic mass is 32.1. The molecule has 0 aliphatic rings. The summed E-state index contributed by atoms with van der Waals surface area (Å²) in [5.41, 5.74) is 6.89. The number of ether oxygens (including phenoxy) is 1. The van der Waals surface area contributed by atoms with E-state index in [1.54, 1.807) is 43.3 Å². The maximum atomic E-state index is 11.6. The van der Waals surface area contributed by atoms with E-state index in [-0.39, 0.29) is 16.5 Å². The Kier molecular flexibility index (Phi) is 5.28. The summed E-state index contributed by atoms with van der Waals surface area (Å²) in [6.45, 7) is 2.09. The molecule has 5 nitrogen and oxygen atoms in total. The number of nitriles is 1. The largest absolute Gasteiger partial charge is 0.462 e. The number of nitrogens with two attached hydrogens (primary N) is 1. The molecule has 0 atom stereocenters. The lowest BCUT2D eigenvalue weighted by Crippen LogP contribution is -2.09. The molecule has 1 aromatic carbocycles. The number of rotatable bonds is 5. The summed E-state index contributed by atoms with van der Waals surface area (Å²) in [5, 5.41) is 8.94. The number of hydrogen-bond donors (Lipinski definition) is 1. The number of carbonyl (C=O) groups is 1. The molecular weight excluding hydrogens is 312 g/mol. The fourth-order valence-electron chi connectivity index (χ4n) is 1.87. The van der Waals surface area contributed by atoms with Crippen LogP contribution in [0, 0.1) is 11.3 Å². The Bertz CT molecular complexity index is 798. The van der Waals surface area contributed by atoms with Gasteiger partial charge in [-0.05, 0) is 31.2 Å². The Balaban J connectivity index is 2.23. The monoisotopic (exact) mass is 326 g/mol. The van der Waals surface area contributed by atoms with Gasteiger partial charge in [-0.15, -0.1) is 0 Å². The zero-order valence-corrected chi connectivity index (χ0v) is 13.2. The number of esters is 1. The SMILES string of the molecule is CCOC(=O)c1ccc(-c2ccc(/C=C(\C#N)C(N)=S)o2)cc1. The first-order valence-corrected chi connectivity index (χ1v) is 7.25. The van der Waals surface area contributed by atoms with Gasteiger partial charge in [0.05, 0.1) is 17.7 Å². The Morgan fingerprint density at radius 2 is 2.04 bits per heavy atom. The predicted octanol–water partition coefficient (Wildman–Crippen LogP) is 3.32. The van der Waals surface area contributed by atoms with Gasteiger partial charge in [-0.1, -0.05) is 24.4 Å². The zero-order chi connectivity index (χ0) is 16.8. The van der Waals surface area contributed by atoms with Gasteiger partial charge in [0.2, 0.25) is 0 Å². The number of nitrogens with zero attached hydrogens (tertiary/aromatic N) is 1. The van der Waals surface area contributed by atoms with E-state index in [2.05, 4.69) is 0 Å². The van der Waals surface area contributed by atoms with Crippen LogP contribution in [0.5, 0.6) is 0 Å². The molecule has 2 rings (SSSR count). The van der Waals surface area contributed by atoms with Crippen molar-refractivity contribution in [2.45, 2.75) is 6.92 Å². The Hall–Kier alpha value is -2.91. The molecule has 0 bridgehead atoms. The van der Waals surface area contributed by atoms with Crippen LogP contribution in [0.2, 0.25) is 0 Å². The first kappa shape index (κ1) is 16.5. The molecule has 2 N–H and O–H groups in total. The van der Waals surface area contributed by atoms with Crippen molar-refractivity contribution >= 4 is 29.3 Å². The lowest BCUT2D eigenvalue weighted by molar-refractivity contribution is 0.0526. The van der Waals surface area contributed by atoms with E-state index in [0.717, 1.165) is 5.56 Å². The average molecular weight is 326 g/mol. The molecule has 0 saturated heterocycles. The van der Waals surface area contributed by atoms with E-state index >= 15 is 0 Å². The standard InChI is InChI=1S/C17H14N2O3S/c1-2-21-17(20)12-5-3-11(4-6-12)15-8-7-14(22-15)9-13(10-18)16(19)23/h3-9H,2H2,1H3,(H2,19,23)/b13-9+. The summed E-state index contributed by atoms with van der Waals surface area (Å²) in [6, 6.07) is 12.2. The second-order valence-corrected chi connectivity index (χ2v) is 4.97. The van der Waals surface area contributed by atoms with Gasteiger partial charge in [-0.25, -0.2) is 4.79 Å². The summed E-state index contributed by atoms with van der Waals surface area (Å²) < 4.78 is 10.6. The van der Waals surface area contributed by atoms with Crippen LogP contribution in [0.25, 0.3) is 17.4 Å². The molecule has 0 radical (unpaired) electrons. The van der Waals surface area contributed by atoms with Crippen molar-refractivity contribution in [3.8, 4) is 17.4 Å². The number of thiocarbonyl (C=S) groups is 1. The number of benzene rings is 1. The molecule has 116 valence electrons. The minimum absolute atomic E-state index is 0.0178. The molecule has 0 amide bonds. The third-order valence-electron chi connectivity index (χ3n) is 2.98. The second-order valence-electron chi connectivity index (χ2n) is 4.53. The van der Waals surface area contributed by atoms with Crippen molar-refractivity contribution in [1.29, 1.82) is 5.26 Å². The molecular formula is C17H14N2O3S. The number of furan rings is 1. The molecule has 6 heteroatoms. The van der Waals surface area contributed by atoms with Gasteiger partial charge in [0.25, 0.3) is 0 Å². The van der Waals surface area contributed by atoms with E-state index < -0.39 is 0 Å². The van der Waals surface area contributed by atoms with Crippen LogP contribution >= 0.6 is 12.2 Å². The minimum atomic E-state index is -0.364. The topological polar surface area (TPSA) is 89.2 Å². The number of hydrogen-bond acceptors (Lipinski definition) is 5. The summed E-state index contributed by atoms with van der Waals surface area (Å²) in [5.74, 6) is 0.711. The molecule has 0 aliphatic heterocycles. The maximum absolute atomic E-state index is 11.6. The van der Waals surface area contributed by atoms with Gasteiger partial charge in [0.15, 0.2) is 0 Å². The van der Waals surface area contributed by atoms with Gasteiger partial charge in [0.1, 0.15) is 22.6 Å². The van der Waals surface area contributed by atoms with E-state index in [0.29, 0.717) is 23.7 Å². The highest BCUT2D eigenvalue weighted by Crippen LogP contribution is 2.24. The molecule has 0 aliphatic carbocycles. The van der Waals surface area contributed by atoms with Crippen molar-refractivity contribution in [3.63, 3.8) is 0 Å². The maximum Gasteiger partial charge on any atom is 0.338 e. The van der Waals surface area contributed by atoms with Crippen molar-refractivity contribution in [1.82, 2.24) is 0 Å². The van der Waals surface area contributed by atoms with Crippen LogP contribution in [-0.4, -0.2) is 17.6 Å². The zero-order valence-electron chi connectivity index (χ0n) is 12.4. The summed E-state index contributed by atoms with van der Waals surface area (Å²) in [7, 11) is 0. The van der Waals surface area contributed by atoms with Crippen molar-refractivity contribution in [2.75, 3.05) is 6.61 Å². The minimum Gasteiger partial charge on any atom is -0.462 e. The molecule has 0 spiro atoms. The van der Waals surface area contributed by atoms with Gasteiger partial charge < -0.3 is 14.9 Å². The van der Waals surface area contributed by atoms with Crippen LogP contribution in [0.4, 0.5) is 0 Å². The highest BCUT2D eigenvalue weighted by molar-refractivity contribution is 7.80. The fourth-order valence-corrected chi connectivity index (χ4v) is 1.98. The van der Waals surface area contributed by atoms with E-state index in [9.17, 15) is 4.79 Å². The Labute approximate surface area is 139 Å². The normalized spacial score (nSPS) is 10.9. The predicted molar refractivity (Wildman–Crippen MR) is 90.5 cm³/mol. The van der Waals surface area contributed by atoms with Crippen LogP contribution < -0.4 is 5.73 Å². The Morgan fingerprint density at radius 1 is 1.35 bits per heavy atom. The Morgan fingerprint density at radius 3 is 2.61 bits per heavy atom. The first-order valence-electron chi connectivity index (χ1n) is 6.84. The lowest BCUT2D eigenvalue weighted by Gasteiger charge is -2.02. The van der Waals surface area contributed by atoms with Crippen LogP contribution in [0.15, 0.2) is 46.4 Å². The van der Waals surface area contributed by atoms with E-state index in [1.165, 1.54) is 6.08 Å². The smallest absolute Gasteiger partial charge is 0.338 e. The molecule has 0 fully saturated rings. The molecule has 2 aromatic rings. The average Bonchev–Trinajstić information content (AvgIpc) is 3.01. The lowest BCUT2D eigenvalue weighted by atomic mass is 10.1. The van der Waals surface area contributed by atoms with Gasteiger partial charge >= 0.3 is 5.97 Å². The highest BCUT2D eigenvalue weighted by Gasteiger charge is 2.09. The van der Waals surface area contributed by atoms with E-state index in [1.807, 2.05) is 6.07 Å². The first-order chi connectivity index (χ1) is 11.0. The van der Waals surface area contributed by atoms with E-state index in [4.69, 9.17) is 32.4 Å². The quantitative estimate of drug-likeness (QED) is 0.392. The molecule has 1 aromatic heterocycles. The summed E-state index contributed by atoms with van der Waals surface area (Å²) in [6.07, 6.45) is 1.48. The summed E-state index contributed by atoms with van der Waals surface area (Å²) >= 11 is 4.78. The third kappa shape index (κ3) is 4.05. The fraction of sp³-hybridized carbons (Fsp3) is 0.118. The second kappa shape index (κ2) is 7.38. The molecule has 23 heavy (non-hydrogen) atoms. The van der Waals surface area contributed by atoms with Crippen molar-refractivity contribution in [3.05, 3.63) is 53.3 Å². The van der Waals surface area contributed by atoms with Gasteiger partial charge in [0, 0.05) is 11.6 Å². The van der Waals surface area contributed by atoms with Crippen LogP contribution in [0.3, 0.4) is 0 Å². The van der Waals surface area contributed by atoms with Crippen LogP contribution in [0.1, 0.15) is 23.0 Å². The molecule has 0 unspecified atom stereocenters. The van der Waals surface area contributed by atoms with Crippen LogP contribution in [-0.2, 0) is 4.74 Å². The molecule has 1 heterocycles. The van der Waals surface area contributed by atoms with Gasteiger partial charge in [-0.2, -0.15) is 5.26 Å².